The molecule has 0 radical (unpaired) electrons. The predicted molar refractivity (Wildman–Crippen MR) is 67.7 cm³/mol. The fourth-order valence-electron chi connectivity index (χ4n) is 2.76. The van der Waals surface area contributed by atoms with Gasteiger partial charge in [-0.2, -0.15) is 5.26 Å². The molecule has 0 aromatic carbocycles. The molecule has 1 heterocycles. The van der Waals surface area contributed by atoms with Gasteiger partial charge in [-0.25, -0.2) is 4.79 Å². The van der Waals surface area contributed by atoms with E-state index in [4.69, 9.17) is 4.74 Å². The summed E-state index contributed by atoms with van der Waals surface area (Å²) in [4.78, 5) is 13.7. The monoisotopic (exact) mass is 248 g/mol. The van der Waals surface area contributed by atoms with Crippen LogP contribution in [0.4, 0.5) is 4.79 Å². The first-order valence-corrected chi connectivity index (χ1v) is 6.46. The minimum absolute atomic E-state index is 0.271. The van der Waals surface area contributed by atoms with Gasteiger partial charge in [0.15, 0.2) is 0 Å². The zero-order chi connectivity index (χ0) is 13.3. The summed E-state index contributed by atoms with van der Waals surface area (Å²) in [5, 5.41) is 9.30. The predicted octanol–water partition coefficient (Wildman–Crippen LogP) is 2.71. The van der Waals surface area contributed by atoms with Gasteiger partial charge in [-0.05, 0) is 39.5 Å². The van der Waals surface area contributed by atoms with E-state index in [1.165, 1.54) is 0 Å². The summed E-state index contributed by atoms with van der Waals surface area (Å²) in [5.41, 5.74) is -0.511. The van der Waals surface area contributed by atoms with Crippen molar-refractivity contribution >= 4 is 6.09 Å². The van der Waals surface area contributed by atoms with Gasteiger partial charge in [0.05, 0.1) is 6.07 Å². The third-order valence-corrected chi connectivity index (χ3v) is 3.55. The van der Waals surface area contributed by atoms with Crippen molar-refractivity contribution in [2.45, 2.75) is 45.3 Å². The van der Waals surface area contributed by atoms with Crippen molar-refractivity contribution in [3.63, 3.8) is 0 Å². The van der Waals surface area contributed by atoms with E-state index in [0.717, 1.165) is 12.8 Å². The highest BCUT2D eigenvalue weighted by atomic mass is 16.6. The summed E-state index contributed by atoms with van der Waals surface area (Å²) < 4.78 is 5.38. The summed E-state index contributed by atoms with van der Waals surface area (Å²) in [7, 11) is 0. The minimum atomic E-state index is -0.511. The Morgan fingerprint density at radius 1 is 1.39 bits per heavy atom. The molecule has 4 nitrogen and oxygen atoms in total. The van der Waals surface area contributed by atoms with Crippen LogP contribution in [-0.4, -0.2) is 29.2 Å². The second-order valence-electron chi connectivity index (χ2n) is 6.07. The number of carbonyl (C=O) groups excluding carboxylic acids is 1. The van der Waals surface area contributed by atoms with Crippen molar-refractivity contribution < 1.29 is 9.53 Å². The Morgan fingerprint density at radius 3 is 2.67 bits per heavy atom. The molecule has 98 valence electrons. The topological polar surface area (TPSA) is 53.3 Å². The van der Waals surface area contributed by atoms with Gasteiger partial charge in [-0.15, -0.1) is 0 Å². The van der Waals surface area contributed by atoms with Crippen LogP contribution in [0.5, 0.6) is 0 Å². The Hall–Kier alpha value is -1.50. The summed E-state index contributed by atoms with van der Waals surface area (Å²) in [6, 6.07) is 1.93. The summed E-state index contributed by atoms with van der Waals surface area (Å²) in [5.74, 6) is 0.680. The van der Waals surface area contributed by atoms with E-state index in [1.807, 2.05) is 20.8 Å². The third kappa shape index (κ3) is 2.50. The maximum absolute atomic E-state index is 12.1. The Morgan fingerprint density at radius 2 is 2.06 bits per heavy atom. The molecule has 1 aliphatic heterocycles. The molecule has 0 N–H and O–H groups in total. The quantitative estimate of drug-likeness (QED) is 0.619. The number of nitrogens with zero attached hydrogens (tertiary/aromatic N) is 2. The first-order valence-electron chi connectivity index (χ1n) is 6.46. The summed E-state index contributed by atoms with van der Waals surface area (Å²) in [6.07, 6.45) is 5.76. The van der Waals surface area contributed by atoms with Gasteiger partial charge in [0.2, 0.25) is 0 Å². The van der Waals surface area contributed by atoms with Crippen LogP contribution < -0.4 is 0 Å². The van der Waals surface area contributed by atoms with Crippen molar-refractivity contribution in [1.29, 1.82) is 5.26 Å². The van der Waals surface area contributed by atoms with E-state index in [0.29, 0.717) is 12.5 Å². The molecule has 4 heteroatoms. The van der Waals surface area contributed by atoms with E-state index >= 15 is 0 Å². The van der Waals surface area contributed by atoms with Crippen LogP contribution >= 0.6 is 0 Å². The molecule has 0 bridgehead atoms. The number of nitriles is 1. The number of allylic oxidation sites excluding steroid dienone is 2. The van der Waals surface area contributed by atoms with Gasteiger partial charge in [0, 0.05) is 12.5 Å². The molecule has 3 unspecified atom stereocenters. The van der Waals surface area contributed by atoms with Crippen molar-refractivity contribution in [2.75, 3.05) is 6.54 Å². The molecule has 0 spiro atoms. The van der Waals surface area contributed by atoms with Crippen LogP contribution in [0.25, 0.3) is 0 Å². The maximum Gasteiger partial charge on any atom is 0.411 e. The first kappa shape index (κ1) is 12.9. The highest BCUT2D eigenvalue weighted by molar-refractivity contribution is 5.69. The lowest BCUT2D eigenvalue weighted by atomic mass is 9.82. The number of ether oxygens (including phenoxy) is 1. The zero-order valence-corrected chi connectivity index (χ0v) is 11.2. The lowest BCUT2D eigenvalue weighted by Gasteiger charge is -2.27. The van der Waals surface area contributed by atoms with Crippen LogP contribution in [-0.2, 0) is 4.74 Å². The molecule has 18 heavy (non-hydrogen) atoms. The fourth-order valence-corrected chi connectivity index (χ4v) is 2.76. The molecule has 3 atom stereocenters. The number of rotatable bonds is 0. The third-order valence-electron chi connectivity index (χ3n) is 3.55. The van der Waals surface area contributed by atoms with E-state index < -0.39 is 5.60 Å². The van der Waals surface area contributed by atoms with Crippen molar-refractivity contribution in [3.8, 4) is 6.07 Å². The number of hydrogen-bond acceptors (Lipinski definition) is 3. The molecular weight excluding hydrogens is 228 g/mol. The molecule has 2 rings (SSSR count). The molecule has 1 saturated heterocycles. The highest BCUT2D eigenvalue weighted by Crippen LogP contribution is 2.38. The minimum Gasteiger partial charge on any atom is -0.444 e. The molecule has 1 amide bonds. The van der Waals surface area contributed by atoms with Crippen molar-refractivity contribution in [3.05, 3.63) is 12.2 Å². The van der Waals surface area contributed by atoms with E-state index in [-0.39, 0.29) is 18.1 Å². The smallest absolute Gasteiger partial charge is 0.411 e. The molecule has 0 saturated carbocycles. The zero-order valence-electron chi connectivity index (χ0n) is 11.2. The van der Waals surface area contributed by atoms with Crippen LogP contribution in [0.3, 0.4) is 0 Å². The van der Waals surface area contributed by atoms with Crippen LogP contribution in [0.2, 0.25) is 0 Å². The normalized spacial score (nSPS) is 30.8. The van der Waals surface area contributed by atoms with Crippen molar-refractivity contribution in [2.24, 2.45) is 11.8 Å². The lowest BCUT2D eigenvalue weighted by molar-refractivity contribution is 0.0245. The first-order chi connectivity index (χ1) is 8.42. The number of hydrogen-bond donors (Lipinski definition) is 0. The molecule has 0 aromatic heterocycles. The standard InChI is InChI=1S/C14H20N2O2/c1-14(2,3)18-13(17)16-9-10-6-4-5-7-11(10)12(16)8-15/h4-5,10-12H,6-7,9H2,1-3H3. The van der Waals surface area contributed by atoms with Gasteiger partial charge < -0.3 is 4.74 Å². The number of likely N-dealkylation sites (tertiary alicyclic amines) is 1. The molecular formula is C14H20N2O2. The molecule has 1 aliphatic carbocycles. The van der Waals surface area contributed by atoms with Gasteiger partial charge in [0.25, 0.3) is 0 Å². The van der Waals surface area contributed by atoms with Gasteiger partial charge >= 0.3 is 6.09 Å². The Bertz CT molecular complexity index is 403. The largest absolute Gasteiger partial charge is 0.444 e. The second kappa shape index (κ2) is 4.64. The highest BCUT2D eigenvalue weighted by Gasteiger charge is 2.45. The Balaban J connectivity index is 2.10. The van der Waals surface area contributed by atoms with E-state index in [1.54, 1.807) is 4.90 Å². The average molecular weight is 248 g/mol. The average Bonchev–Trinajstić information content (AvgIpc) is 2.65. The number of carbonyl (C=O) groups is 1. The van der Waals surface area contributed by atoms with Crippen LogP contribution in [0.1, 0.15) is 33.6 Å². The van der Waals surface area contributed by atoms with E-state index in [2.05, 4.69) is 18.2 Å². The van der Waals surface area contributed by atoms with Crippen LogP contribution in [0.15, 0.2) is 12.2 Å². The molecule has 1 fully saturated rings. The van der Waals surface area contributed by atoms with Crippen LogP contribution in [0, 0.1) is 23.2 Å². The van der Waals surface area contributed by atoms with Gasteiger partial charge in [-0.3, -0.25) is 4.90 Å². The van der Waals surface area contributed by atoms with Gasteiger partial charge in [-0.1, -0.05) is 12.2 Å². The summed E-state index contributed by atoms with van der Waals surface area (Å²) in [6.45, 7) is 6.17. The number of fused-ring (bicyclic) bond motifs is 1. The Kier molecular flexibility index (Phi) is 3.34. The Labute approximate surface area is 108 Å². The molecule has 2 aliphatic rings. The SMILES string of the molecule is CC(C)(C)OC(=O)N1CC2CC=CCC2C1C#N. The maximum atomic E-state index is 12.1. The van der Waals surface area contributed by atoms with Crippen molar-refractivity contribution in [1.82, 2.24) is 4.90 Å². The second-order valence-corrected chi connectivity index (χ2v) is 6.07. The summed E-state index contributed by atoms with van der Waals surface area (Å²) >= 11 is 0. The molecule has 0 aromatic rings. The lowest BCUT2D eigenvalue weighted by Crippen LogP contribution is -2.40. The number of amides is 1. The fraction of sp³-hybridized carbons (Fsp3) is 0.714. The van der Waals surface area contributed by atoms with E-state index in [9.17, 15) is 10.1 Å². The van der Waals surface area contributed by atoms with Gasteiger partial charge in [0.1, 0.15) is 11.6 Å².